The molecule has 2 aromatic heterocycles. The Bertz CT molecular complexity index is 5630. The van der Waals surface area contributed by atoms with Crippen molar-refractivity contribution < 1.29 is 117 Å². The number of nitrogens with zero attached hydrogens (tertiary/aromatic N) is 5. The number of aromatic nitrogens is 3. The van der Waals surface area contributed by atoms with Gasteiger partial charge in [0.1, 0.15) is 70.9 Å². The number of amides is 5. The van der Waals surface area contributed by atoms with E-state index in [0.29, 0.717) is 52.8 Å². The van der Waals surface area contributed by atoms with E-state index >= 15 is 33.6 Å². The number of aromatic hydroxyl groups is 1. The number of aliphatic carboxylic acids is 2. The van der Waals surface area contributed by atoms with Gasteiger partial charge in [0.25, 0.3) is 0 Å². The van der Waals surface area contributed by atoms with Gasteiger partial charge in [0, 0.05) is 212 Å². The number of para-hydroxylation sites is 1. The van der Waals surface area contributed by atoms with Gasteiger partial charge in [-0.2, -0.15) is 11.8 Å². The molecular weight excluding hydrogens is 1930 g/mol. The first-order valence-corrected chi connectivity index (χ1v) is 52.8. The van der Waals surface area contributed by atoms with E-state index in [0.717, 1.165) is 10.9 Å². The number of guanidine groups is 1. The van der Waals surface area contributed by atoms with Gasteiger partial charge in [-0.05, 0) is 148 Å². The fourth-order valence-electron chi connectivity index (χ4n) is 19.5. The smallest absolute Gasteiger partial charge is 0.322 e. The van der Waals surface area contributed by atoms with Crippen LogP contribution in [0.25, 0.3) is 10.9 Å². The zero-order valence-electron chi connectivity index (χ0n) is 86.3. The number of hydrogen-bond acceptors (Lipinski definition) is 26. The van der Waals surface area contributed by atoms with E-state index in [-0.39, 0.29) is 133 Å². The topological polar surface area (TPSA) is 575 Å². The summed E-state index contributed by atoms with van der Waals surface area (Å²) < 4.78 is 5.18. The second-order valence-corrected chi connectivity index (χ2v) is 40.6. The summed E-state index contributed by atoms with van der Waals surface area (Å²) in [6, 6.07) is 37.6. The minimum absolute atomic E-state index is 0.000282. The molecule has 0 aliphatic carbocycles. The highest BCUT2D eigenvalue weighted by Crippen LogP contribution is 2.36. The van der Waals surface area contributed by atoms with Gasteiger partial charge in [0.2, 0.25) is 29.5 Å². The molecule has 5 amide bonds. The Balaban J connectivity index is 1.02. The summed E-state index contributed by atoms with van der Waals surface area (Å²) in [6.07, 6.45) is 1.15. The van der Waals surface area contributed by atoms with Crippen molar-refractivity contribution in [2.45, 2.75) is 207 Å². The van der Waals surface area contributed by atoms with Crippen molar-refractivity contribution in [3.05, 3.63) is 192 Å². The zero-order valence-corrected chi connectivity index (χ0v) is 87.1. The summed E-state index contributed by atoms with van der Waals surface area (Å²) in [5.41, 5.74) is 15.8. The number of Topliss-reactive ketones (excluding diaryl/α,β-unsaturated/α-hetero) is 11. The third kappa shape index (κ3) is 40.0. The van der Waals surface area contributed by atoms with Crippen LogP contribution in [-0.2, 0) is 123 Å². The molecule has 3 heterocycles. The van der Waals surface area contributed by atoms with Gasteiger partial charge in [0.05, 0.1) is 57.0 Å². The number of phenols is 1. The summed E-state index contributed by atoms with van der Waals surface area (Å²) in [4.78, 5) is 276. The number of aliphatic hydroxyl groups is 2. The van der Waals surface area contributed by atoms with Crippen LogP contribution < -0.4 is 22.1 Å². The van der Waals surface area contributed by atoms with Crippen LogP contribution in [0.2, 0.25) is 0 Å². The molecule has 0 bridgehead atoms. The minimum atomic E-state index is -1.49. The van der Waals surface area contributed by atoms with Crippen LogP contribution in [0.4, 0.5) is 0 Å². The van der Waals surface area contributed by atoms with E-state index in [1.807, 2.05) is 24.3 Å². The highest BCUT2D eigenvalue weighted by atomic mass is 32.2. The summed E-state index contributed by atoms with van der Waals surface area (Å²) >= 11 is 1.32. The minimum Gasteiger partial charge on any atom is -0.508 e. The standard InChI is InChI=1S/C112H148N12O24S/c1-71(2)93(110(146)119-63-109(144)145)60-105(139)95-32-21-42-123(95)111(147)81(28-18-19-40-113)54-100(134)84(48-86-61-118-94-31-17-16-30-92(86)94)57-97(131)78(29-20-41-117-112(114)115)51-99(133)82(46-74-22-10-7-11-23-74)55-101(135)85(49-89-62-116-70-120-89)58-98(132)79(35-38-108(142)143)52-96(130)80(39-45-149-6)53-103(137)88(69-126)59-102(136)83(47-75-33-36-90(128)37-34-75)56-104(138)87(68-125)50-91(129)65-124(72(3)77-26-14-9-15-27-77)107(141)67-122(64-76-24-12-8-13-25-76)106(140)66-121(73(4)127)43-44-148-5/h7-17,22-27,30-31,33-34,36-37,61-62,70-72,78-85,87-88,93,95,118,125-126,128H,18-21,28-29,32,35,38-60,63-69,113H2,1-6H3,(H,116,120)(H,119,146)(H,142,143)(H,144,145)(H4,114,115,117). The van der Waals surface area contributed by atoms with E-state index in [1.165, 1.54) is 82.2 Å². The second-order valence-electron chi connectivity index (χ2n) is 39.6. The van der Waals surface area contributed by atoms with Crippen LogP contribution in [0, 0.1) is 76.4 Å². The molecule has 7 aromatic rings. The molecule has 1 saturated heterocycles. The van der Waals surface area contributed by atoms with E-state index in [1.54, 1.807) is 124 Å². The number of hydrogen-bond donors (Lipinski definition) is 12. The van der Waals surface area contributed by atoms with E-state index in [4.69, 9.17) is 21.6 Å². The summed E-state index contributed by atoms with van der Waals surface area (Å²) in [7, 11) is 1.45. The average molecular weight is 2080 g/mol. The number of aliphatic hydroxyl groups excluding tert-OH is 2. The number of aromatic amines is 2. The van der Waals surface area contributed by atoms with Crippen molar-refractivity contribution in [2.75, 3.05) is 91.3 Å². The molecule has 36 nitrogen and oxygen atoms in total. The van der Waals surface area contributed by atoms with Gasteiger partial charge in [-0.25, -0.2) is 4.98 Å². The first-order valence-electron chi connectivity index (χ1n) is 51.4. The normalized spacial score (nSPS) is 14.9. The van der Waals surface area contributed by atoms with Crippen LogP contribution in [0.3, 0.4) is 0 Å². The number of ether oxygens (including phenoxy) is 1. The van der Waals surface area contributed by atoms with Gasteiger partial charge in [-0.3, -0.25) is 91.7 Å². The van der Waals surface area contributed by atoms with E-state index in [2.05, 4.69) is 25.6 Å². The number of carboxylic acid groups (broad SMARTS) is 2. The predicted octanol–water partition coefficient (Wildman–Crippen LogP) is 10.2. The SMILES string of the molecule is COCCN(CC(=O)N(CC(=O)N(CC(=O)CC(CO)C(=O)CC(Cc1ccc(O)cc1)C(=O)CC(CO)C(=O)CC(CCSC)C(=O)CC(CCC(=O)O)C(=O)CC(Cc1c[nH]cn1)C(=O)CC(Cc1ccccc1)C(=O)CC(CCCNC(=N)N)C(=O)CC(Cc1c[nH]c2ccccc12)C(=O)CC(CCCCN)C(=O)N1CCCC1C(=O)CC(C(=O)NCC(=O)O)C(C)C)C(C)c1ccccc1)Cc1ccccc1)C(C)=O. The Morgan fingerprint density at radius 1 is 0.544 bits per heavy atom. The predicted molar refractivity (Wildman–Crippen MR) is 559 cm³/mol. The fraction of sp³-hybridized carbons (Fsp3) is 0.518. The molecule has 0 radical (unpaired) electrons. The molecule has 37 heteroatoms. The van der Waals surface area contributed by atoms with Crippen LogP contribution in [-0.4, -0.2) is 268 Å². The summed E-state index contributed by atoms with van der Waals surface area (Å²) in [6.45, 7) is 3.08. The number of carbonyl (C=O) groups excluding carboxylic acids is 16. The monoisotopic (exact) mass is 2080 g/mol. The quantitative estimate of drug-likeness (QED) is 0.00957. The van der Waals surface area contributed by atoms with Crippen LogP contribution >= 0.6 is 11.8 Å². The van der Waals surface area contributed by atoms with Crippen LogP contribution in [0.1, 0.15) is 202 Å². The van der Waals surface area contributed by atoms with Crippen molar-refractivity contribution >= 4 is 134 Å². The molecular formula is C112H148N12O24S. The molecule has 806 valence electrons. The molecule has 13 atom stereocenters. The molecule has 1 aliphatic heterocycles. The highest BCUT2D eigenvalue weighted by molar-refractivity contribution is 7.98. The number of likely N-dealkylation sites (tertiary alicyclic amines) is 1. The van der Waals surface area contributed by atoms with Crippen LogP contribution in [0.15, 0.2) is 158 Å². The first kappa shape index (κ1) is 121. The molecule has 0 saturated carbocycles. The lowest BCUT2D eigenvalue weighted by Gasteiger charge is -2.33. The van der Waals surface area contributed by atoms with E-state index < -0.39 is 292 Å². The lowest BCUT2D eigenvalue weighted by Crippen LogP contribution is -2.48. The number of nitrogens with two attached hydrogens (primary N) is 2. The second kappa shape index (κ2) is 62.9. The third-order valence-electron chi connectivity index (χ3n) is 28.2. The Hall–Kier alpha value is -13.2. The van der Waals surface area contributed by atoms with Gasteiger partial charge in [-0.15, -0.1) is 0 Å². The average Bonchev–Trinajstić information content (AvgIpc) is 1.64. The van der Waals surface area contributed by atoms with Crippen molar-refractivity contribution in [1.82, 2.24) is 45.2 Å². The number of phenolic OH excluding ortho intramolecular Hbond substituents is 1. The lowest BCUT2D eigenvalue weighted by molar-refractivity contribution is -0.146. The number of nitrogens with one attached hydrogen (secondary N) is 5. The Morgan fingerprint density at radius 3 is 1.59 bits per heavy atom. The van der Waals surface area contributed by atoms with Crippen molar-refractivity contribution in [2.24, 2.45) is 82.5 Å². The fourth-order valence-corrected chi connectivity index (χ4v) is 20.0. The molecule has 14 N–H and O–H groups in total. The van der Waals surface area contributed by atoms with Gasteiger partial charge in [0.15, 0.2) is 17.5 Å². The largest absolute Gasteiger partial charge is 0.508 e. The summed E-state index contributed by atoms with van der Waals surface area (Å²) in [5, 5.41) is 65.7. The highest BCUT2D eigenvalue weighted by Gasteiger charge is 2.44. The van der Waals surface area contributed by atoms with Crippen molar-refractivity contribution in [3.63, 3.8) is 0 Å². The lowest BCUT2D eigenvalue weighted by atomic mass is 9.77. The number of fused-ring (bicyclic) bond motifs is 1. The Labute approximate surface area is 874 Å². The number of methoxy groups -OCH3 is 1. The molecule has 8 rings (SSSR count). The number of carbonyl (C=O) groups is 18. The van der Waals surface area contributed by atoms with Gasteiger partial charge >= 0.3 is 11.9 Å². The Morgan fingerprint density at radius 2 is 1.05 bits per heavy atom. The third-order valence-corrected chi connectivity index (χ3v) is 28.9. The molecule has 149 heavy (non-hydrogen) atoms. The summed E-state index contributed by atoms with van der Waals surface area (Å²) in [5.74, 6) is -26.1. The van der Waals surface area contributed by atoms with E-state index in [9.17, 15) is 78.3 Å². The molecule has 5 aromatic carbocycles. The number of carboxylic acids is 2. The van der Waals surface area contributed by atoms with Gasteiger partial charge in [-0.1, -0.05) is 142 Å². The van der Waals surface area contributed by atoms with Crippen LogP contribution in [0.5, 0.6) is 5.75 Å². The molecule has 13 unspecified atom stereocenters. The zero-order chi connectivity index (χ0) is 109. The molecule has 1 fully saturated rings. The maximum absolute atomic E-state index is 15.7. The number of ketones is 11. The van der Waals surface area contributed by atoms with Crippen molar-refractivity contribution in [1.29, 1.82) is 5.41 Å². The van der Waals surface area contributed by atoms with Gasteiger partial charge < -0.3 is 81.9 Å². The maximum Gasteiger partial charge on any atom is 0.322 e. The first-order chi connectivity index (χ1) is 71.3. The molecule has 0 spiro atoms. The number of imidazole rings is 1. The molecule has 1 aliphatic rings. The number of unbranched alkanes of at least 4 members (excludes halogenated alkanes) is 1. The number of thioether (sulfide) groups is 1. The maximum atomic E-state index is 15.7. The number of benzene rings is 5. The van der Waals surface area contributed by atoms with Crippen molar-refractivity contribution in [3.8, 4) is 5.75 Å². The number of H-pyrrole nitrogens is 2. The Kier molecular flexibility index (Phi) is 51.1. The number of rotatable bonds is 74.